The smallest absolute Gasteiger partial charge is 0.232 e. The zero-order valence-corrected chi connectivity index (χ0v) is 8.15. The van der Waals surface area contributed by atoms with Gasteiger partial charge in [0.15, 0.2) is 0 Å². The highest BCUT2D eigenvalue weighted by Crippen LogP contribution is 2.09. The molecule has 1 heterocycles. The van der Waals surface area contributed by atoms with E-state index in [4.69, 9.17) is 5.26 Å². The molecule has 5 nitrogen and oxygen atoms in total. The summed E-state index contributed by atoms with van der Waals surface area (Å²) >= 11 is 0. The molecule has 1 aromatic heterocycles. The maximum atomic E-state index is 11.2. The number of nitrogens with one attached hydrogen (secondary N) is 1. The van der Waals surface area contributed by atoms with E-state index in [9.17, 15) is 9.59 Å². The molecule has 76 valence electrons. The molecule has 0 aliphatic carbocycles. The lowest BCUT2D eigenvalue weighted by atomic mass is 10.2. The van der Waals surface area contributed by atoms with Gasteiger partial charge in [0.1, 0.15) is 17.7 Å². The number of rotatable bonds is 3. The first kappa shape index (κ1) is 10.9. The first-order valence-electron chi connectivity index (χ1n) is 4.28. The zero-order chi connectivity index (χ0) is 11.3. The third-order valence-electron chi connectivity index (χ3n) is 1.60. The highest BCUT2D eigenvalue weighted by Gasteiger charge is 2.08. The molecule has 15 heavy (non-hydrogen) atoms. The summed E-state index contributed by atoms with van der Waals surface area (Å²) in [5.74, 6) is -0.508. The van der Waals surface area contributed by atoms with Crippen LogP contribution in [-0.2, 0) is 9.59 Å². The Morgan fingerprint density at radius 1 is 1.60 bits per heavy atom. The predicted octanol–water partition coefficient (Wildman–Crippen LogP) is 0.871. The monoisotopic (exact) mass is 203 g/mol. The molecule has 0 aliphatic heterocycles. The number of carbonyl (C=O) groups is 2. The molecule has 5 heteroatoms. The van der Waals surface area contributed by atoms with E-state index in [0.29, 0.717) is 0 Å². The van der Waals surface area contributed by atoms with Gasteiger partial charge in [-0.15, -0.1) is 0 Å². The van der Waals surface area contributed by atoms with Crippen LogP contribution in [0.3, 0.4) is 0 Å². The van der Waals surface area contributed by atoms with Gasteiger partial charge in [-0.25, -0.2) is 4.98 Å². The van der Waals surface area contributed by atoms with Crippen LogP contribution in [0.4, 0.5) is 5.82 Å². The fourth-order valence-electron chi connectivity index (χ4n) is 0.997. The Bertz CT molecular complexity index is 435. The van der Waals surface area contributed by atoms with Gasteiger partial charge in [-0.2, -0.15) is 5.26 Å². The summed E-state index contributed by atoms with van der Waals surface area (Å²) in [6.07, 6.45) is 1.26. The van der Waals surface area contributed by atoms with Crippen LogP contribution >= 0.6 is 0 Å². The summed E-state index contributed by atoms with van der Waals surface area (Å²) in [5, 5.41) is 11.1. The predicted molar refractivity (Wildman–Crippen MR) is 52.9 cm³/mol. The minimum Gasteiger partial charge on any atom is -0.309 e. The van der Waals surface area contributed by atoms with Crippen molar-refractivity contribution in [1.82, 2.24) is 4.98 Å². The second-order valence-electron chi connectivity index (χ2n) is 2.94. The van der Waals surface area contributed by atoms with Crippen LogP contribution in [-0.4, -0.2) is 16.7 Å². The molecule has 0 aliphatic rings. The number of aromatic nitrogens is 1. The number of nitrogens with zero attached hydrogens (tertiary/aromatic N) is 2. The number of nitriles is 1. The first-order valence-corrected chi connectivity index (χ1v) is 4.28. The molecule has 0 fully saturated rings. The van der Waals surface area contributed by atoms with Gasteiger partial charge in [-0.3, -0.25) is 9.59 Å². The summed E-state index contributed by atoms with van der Waals surface area (Å²) in [7, 11) is 0. The van der Waals surface area contributed by atoms with Crippen molar-refractivity contribution in [3.63, 3.8) is 0 Å². The van der Waals surface area contributed by atoms with Crippen LogP contribution in [0.15, 0.2) is 18.3 Å². The van der Waals surface area contributed by atoms with Crippen LogP contribution in [0, 0.1) is 11.3 Å². The van der Waals surface area contributed by atoms with E-state index in [1.165, 1.54) is 19.2 Å². The molecular formula is C10H9N3O2. The van der Waals surface area contributed by atoms with Crippen LogP contribution in [0.5, 0.6) is 0 Å². The number of amides is 1. The van der Waals surface area contributed by atoms with Crippen molar-refractivity contribution in [3.05, 3.63) is 23.9 Å². The number of Topliss-reactive ketones (excluding diaryl/α,β-unsaturated/α-hetero) is 1. The molecule has 0 radical (unpaired) electrons. The van der Waals surface area contributed by atoms with Crippen molar-refractivity contribution >= 4 is 17.5 Å². The zero-order valence-electron chi connectivity index (χ0n) is 8.15. The van der Waals surface area contributed by atoms with Gasteiger partial charge in [0.05, 0.1) is 12.0 Å². The fraction of sp³-hybridized carbons (Fsp3) is 0.200. The highest BCUT2D eigenvalue weighted by molar-refractivity contribution is 6.03. The number of carbonyl (C=O) groups excluding carboxylic acids is 2. The minimum absolute atomic E-state index is 0.186. The number of hydrogen-bond acceptors (Lipinski definition) is 4. The summed E-state index contributed by atoms with van der Waals surface area (Å²) in [6, 6.07) is 5.03. The van der Waals surface area contributed by atoms with Crippen molar-refractivity contribution in [2.45, 2.75) is 13.3 Å². The summed E-state index contributed by atoms with van der Waals surface area (Å²) in [4.78, 5) is 25.7. The molecule has 0 saturated heterocycles. The molecule has 0 bridgehead atoms. The summed E-state index contributed by atoms with van der Waals surface area (Å²) < 4.78 is 0. The van der Waals surface area contributed by atoms with Crippen LogP contribution in [0.1, 0.15) is 18.9 Å². The Morgan fingerprint density at radius 3 is 2.93 bits per heavy atom. The normalized spacial score (nSPS) is 9.07. The Hall–Kier alpha value is -2.22. The number of pyridine rings is 1. The van der Waals surface area contributed by atoms with Crippen molar-refractivity contribution in [2.75, 3.05) is 5.32 Å². The number of anilines is 1. The van der Waals surface area contributed by atoms with Crippen molar-refractivity contribution in [1.29, 1.82) is 5.26 Å². The molecule has 0 atom stereocenters. The second-order valence-corrected chi connectivity index (χ2v) is 2.94. The maximum absolute atomic E-state index is 11.2. The third kappa shape index (κ3) is 3.19. The first-order chi connectivity index (χ1) is 7.13. The van der Waals surface area contributed by atoms with E-state index >= 15 is 0 Å². The minimum atomic E-state index is -0.460. The van der Waals surface area contributed by atoms with Crippen LogP contribution in [0.2, 0.25) is 0 Å². The number of ketones is 1. The van der Waals surface area contributed by atoms with Crippen molar-refractivity contribution in [3.8, 4) is 6.07 Å². The van der Waals surface area contributed by atoms with E-state index in [1.54, 1.807) is 6.07 Å². The topological polar surface area (TPSA) is 82.8 Å². The van der Waals surface area contributed by atoms with Gasteiger partial charge in [0.25, 0.3) is 0 Å². The van der Waals surface area contributed by atoms with Gasteiger partial charge >= 0.3 is 0 Å². The fourth-order valence-corrected chi connectivity index (χ4v) is 0.997. The number of hydrogen-bond donors (Lipinski definition) is 1. The average molecular weight is 203 g/mol. The maximum Gasteiger partial charge on any atom is 0.232 e. The Labute approximate surface area is 86.7 Å². The van der Waals surface area contributed by atoms with E-state index in [0.717, 1.165) is 0 Å². The largest absolute Gasteiger partial charge is 0.309 e. The average Bonchev–Trinajstić information content (AvgIpc) is 2.17. The molecule has 0 saturated carbocycles. The standard InChI is InChI=1S/C10H9N3O2/c1-7(14)5-9(15)13-10-8(6-11)3-2-4-12-10/h2-4H,5H2,1H3,(H,12,13,15). The van der Waals surface area contributed by atoms with Crippen LogP contribution in [0.25, 0.3) is 0 Å². The molecule has 0 unspecified atom stereocenters. The van der Waals surface area contributed by atoms with E-state index in [1.807, 2.05) is 6.07 Å². The lowest BCUT2D eigenvalue weighted by molar-refractivity contribution is -0.124. The molecular weight excluding hydrogens is 194 g/mol. The summed E-state index contributed by atoms with van der Waals surface area (Å²) in [5.41, 5.74) is 0.273. The van der Waals surface area contributed by atoms with Crippen molar-refractivity contribution in [2.24, 2.45) is 0 Å². The molecule has 0 aromatic carbocycles. The van der Waals surface area contributed by atoms with Gasteiger partial charge < -0.3 is 5.32 Å². The van der Waals surface area contributed by atoms with E-state index in [2.05, 4.69) is 10.3 Å². The third-order valence-corrected chi connectivity index (χ3v) is 1.60. The van der Waals surface area contributed by atoms with Gasteiger partial charge in [-0.05, 0) is 19.1 Å². The molecule has 1 N–H and O–H groups in total. The second kappa shape index (κ2) is 4.86. The quantitative estimate of drug-likeness (QED) is 0.739. The molecule has 1 amide bonds. The Morgan fingerprint density at radius 2 is 2.33 bits per heavy atom. The van der Waals surface area contributed by atoms with Gasteiger partial charge in [0.2, 0.25) is 5.91 Å². The van der Waals surface area contributed by atoms with E-state index in [-0.39, 0.29) is 23.6 Å². The SMILES string of the molecule is CC(=O)CC(=O)Nc1ncccc1C#N. The van der Waals surface area contributed by atoms with Crippen LogP contribution < -0.4 is 5.32 Å². The Kier molecular flexibility index (Phi) is 3.52. The van der Waals surface area contributed by atoms with Gasteiger partial charge in [-0.1, -0.05) is 0 Å². The molecule has 1 rings (SSSR count). The highest BCUT2D eigenvalue weighted by atomic mass is 16.2. The lowest BCUT2D eigenvalue weighted by Gasteiger charge is -2.03. The summed E-state index contributed by atoms with van der Waals surface area (Å²) in [6.45, 7) is 1.32. The van der Waals surface area contributed by atoms with Crippen molar-refractivity contribution < 1.29 is 9.59 Å². The molecule has 0 spiro atoms. The van der Waals surface area contributed by atoms with Gasteiger partial charge in [0, 0.05) is 6.20 Å². The lowest BCUT2D eigenvalue weighted by Crippen LogP contribution is -2.16. The Balaban J connectivity index is 2.77. The van der Waals surface area contributed by atoms with E-state index < -0.39 is 5.91 Å². The molecule has 1 aromatic rings.